The van der Waals surface area contributed by atoms with Crippen LogP contribution in [0.5, 0.6) is 0 Å². The number of carbonyl (C=O) groups excluding carboxylic acids is 1. The molecule has 1 amide bonds. The standard InChI is InChI=1S/C19H22N2O4/c1-13-2-4-17(25-13)19(22)21-10-11-23-16-5-3-15(21)18(16)24-12-14-6-8-20-9-7-14/h2,4,6-9,15-16,18H,3,5,10-12H2,1H3. The number of furan rings is 1. The highest BCUT2D eigenvalue weighted by molar-refractivity contribution is 5.91. The van der Waals surface area contributed by atoms with E-state index in [1.54, 1.807) is 18.5 Å². The molecule has 6 heteroatoms. The molecule has 1 saturated carbocycles. The van der Waals surface area contributed by atoms with Crippen LogP contribution in [-0.2, 0) is 16.1 Å². The molecule has 4 rings (SSSR count). The van der Waals surface area contributed by atoms with Crippen LogP contribution < -0.4 is 0 Å². The Morgan fingerprint density at radius 3 is 2.88 bits per heavy atom. The van der Waals surface area contributed by atoms with Gasteiger partial charge in [0.05, 0.1) is 25.4 Å². The Balaban J connectivity index is 1.50. The van der Waals surface area contributed by atoms with E-state index >= 15 is 0 Å². The van der Waals surface area contributed by atoms with Crippen molar-refractivity contribution < 1.29 is 18.7 Å². The first-order valence-corrected chi connectivity index (χ1v) is 8.72. The Labute approximate surface area is 146 Å². The molecule has 6 nitrogen and oxygen atoms in total. The van der Waals surface area contributed by atoms with E-state index < -0.39 is 0 Å². The summed E-state index contributed by atoms with van der Waals surface area (Å²) in [5.41, 5.74) is 1.07. The third-order valence-electron chi connectivity index (χ3n) is 4.96. The van der Waals surface area contributed by atoms with Crippen LogP contribution in [0.2, 0.25) is 0 Å². The van der Waals surface area contributed by atoms with Crippen molar-refractivity contribution in [1.29, 1.82) is 0 Å². The van der Waals surface area contributed by atoms with Gasteiger partial charge in [0.15, 0.2) is 5.76 Å². The maximum Gasteiger partial charge on any atom is 0.289 e. The lowest BCUT2D eigenvalue weighted by molar-refractivity contribution is -0.0598. The van der Waals surface area contributed by atoms with E-state index in [0.717, 1.165) is 24.2 Å². The third-order valence-corrected chi connectivity index (χ3v) is 4.96. The minimum Gasteiger partial charge on any atom is -0.456 e. The van der Waals surface area contributed by atoms with Crippen molar-refractivity contribution in [3.8, 4) is 0 Å². The Morgan fingerprint density at radius 2 is 2.12 bits per heavy atom. The van der Waals surface area contributed by atoms with Crippen LogP contribution in [0, 0.1) is 6.92 Å². The molecule has 25 heavy (non-hydrogen) atoms. The number of aryl methyl sites for hydroxylation is 1. The van der Waals surface area contributed by atoms with Gasteiger partial charge in [0, 0.05) is 18.9 Å². The summed E-state index contributed by atoms with van der Waals surface area (Å²) in [6.45, 7) is 3.43. The van der Waals surface area contributed by atoms with Gasteiger partial charge < -0.3 is 18.8 Å². The van der Waals surface area contributed by atoms with Crippen molar-refractivity contribution >= 4 is 5.91 Å². The van der Waals surface area contributed by atoms with Gasteiger partial charge in [0.25, 0.3) is 5.91 Å². The quantitative estimate of drug-likeness (QED) is 0.854. The first-order chi connectivity index (χ1) is 12.2. The molecule has 3 heterocycles. The van der Waals surface area contributed by atoms with Gasteiger partial charge in [-0.3, -0.25) is 9.78 Å². The zero-order valence-corrected chi connectivity index (χ0v) is 14.3. The van der Waals surface area contributed by atoms with Gasteiger partial charge in [-0.05, 0) is 49.6 Å². The van der Waals surface area contributed by atoms with E-state index in [0.29, 0.717) is 25.5 Å². The minimum atomic E-state index is -0.115. The number of nitrogens with zero attached hydrogens (tertiary/aromatic N) is 2. The number of fused-ring (bicyclic) bond motifs is 2. The highest BCUT2D eigenvalue weighted by Crippen LogP contribution is 2.33. The second-order valence-electron chi connectivity index (χ2n) is 6.59. The summed E-state index contributed by atoms with van der Waals surface area (Å²) in [7, 11) is 0. The maximum atomic E-state index is 12.9. The normalized spacial score (nSPS) is 25.8. The molecule has 2 fully saturated rings. The second kappa shape index (κ2) is 6.98. The molecular formula is C19H22N2O4. The number of hydrogen-bond acceptors (Lipinski definition) is 5. The molecule has 0 spiro atoms. The van der Waals surface area contributed by atoms with Crippen molar-refractivity contribution in [2.24, 2.45) is 0 Å². The number of amides is 1. The SMILES string of the molecule is Cc1ccc(C(=O)N2CCOC3CCC2C3OCc2ccncc2)o1. The molecule has 3 atom stereocenters. The molecule has 1 aliphatic heterocycles. The third kappa shape index (κ3) is 3.32. The fourth-order valence-corrected chi connectivity index (χ4v) is 3.72. The number of ether oxygens (including phenoxy) is 2. The van der Waals surface area contributed by atoms with Gasteiger partial charge in [-0.1, -0.05) is 0 Å². The first-order valence-electron chi connectivity index (χ1n) is 8.72. The molecule has 0 radical (unpaired) electrons. The van der Waals surface area contributed by atoms with E-state index in [-0.39, 0.29) is 24.2 Å². The zero-order valence-electron chi connectivity index (χ0n) is 14.3. The molecule has 132 valence electrons. The molecule has 2 aromatic rings. The van der Waals surface area contributed by atoms with Crippen LogP contribution in [0.1, 0.15) is 34.7 Å². The average molecular weight is 342 g/mol. The summed E-state index contributed by atoms with van der Waals surface area (Å²) >= 11 is 0. The molecule has 2 aliphatic rings. The number of pyridine rings is 1. The number of rotatable bonds is 4. The molecule has 0 N–H and O–H groups in total. The summed E-state index contributed by atoms with van der Waals surface area (Å²) in [5, 5.41) is 0. The van der Waals surface area contributed by atoms with E-state index in [4.69, 9.17) is 13.9 Å². The first kappa shape index (κ1) is 16.3. The van der Waals surface area contributed by atoms with Crippen LogP contribution in [0.3, 0.4) is 0 Å². The molecule has 0 aromatic carbocycles. The van der Waals surface area contributed by atoms with Crippen LogP contribution in [0.4, 0.5) is 0 Å². The van der Waals surface area contributed by atoms with Gasteiger partial charge in [-0.25, -0.2) is 0 Å². The Kier molecular flexibility index (Phi) is 4.55. The topological polar surface area (TPSA) is 64.8 Å². The predicted octanol–water partition coefficient (Wildman–Crippen LogP) is 2.57. The largest absolute Gasteiger partial charge is 0.456 e. The van der Waals surface area contributed by atoms with Gasteiger partial charge in [-0.2, -0.15) is 0 Å². The van der Waals surface area contributed by atoms with E-state index in [1.165, 1.54) is 0 Å². The van der Waals surface area contributed by atoms with Gasteiger partial charge >= 0.3 is 0 Å². The summed E-state index contributed by atoms with van der Waals surface area (Å²) < 4.78 is 17.7. The fraction of sp³-hybridized carbons (Fsp3) is 0.474. The van der Waals surface area contributed by atoms with Crippen LogP contribution >= 0.6 is 0 Å². The second-order valence-corrected chi connectivity index (χ2v) is 6.59. The van der Waals surface area contributed by atoms with Crippen molar-refractivity contribution in [2.45, 2.75) is 44.6 Å². The molecule has 1 aliphatic carbocycles. The maximum absolute atomic E-state index is 12.9. The highest BCUT2D eigenvalue weighted by atomic mass is 16.5. The fourth-order valence-electron chi connectivity index (χ4n) is 3.72. The molecule has 2 aromatic heterocycles. The molecule has 1 saturated heterocycles. The minimum absolute atomic E-state index is 0.0206. The lowest BCUT2D eigenvalue weighted by Crippen LogP contribution is -2.46. The van der Waals surface area contributed by atoms with E-state index in [9.17, 15) is 4.79 Å². The number of hydrogen-bond donors (Lipinski definition) is 0. The van der Waals surface area contributed by atoms with Gasteiger partial charge in [0.1, 0.15) is 11.9 Å². The summed E-state index contributed by atoms with van der Waals surface area (Å²) in [6.07, 6.45) is 5.24. The van der Waals surface area contributed by atoms with E-state index in [1.807, 2.05) is 30.0 Å². The summed E-state index contributed by atoms with van der Waals surface area (Å²) in [5.74, 6) is 1.04. The Morgan fingerprint density at radius 1 is 1.28 bits per heavy atom. The van der Waals surface area contributed by atoms with E-state index in [2.05, 4.69) is 4.98 Å². The number of aromatic nitrogens is 1. The Hall–Kier alpha value is -2.18. The van der Waals surface area contributed by atoms with Gasteiger partial charge in [0.2, 0.25) is 0 Å². The van der Waals surface area contributed by atoms with Crippen LogP contribution in [0.15, 0.2) is 41.1 Å². The summed E-state index contributed by atoms with van der Waals surface area (Å²) in [4.78, 5) is 18.8. The monoisotopic (exact) mass is 342 g/mol. The molecular weight excluding hydrogens is 320 g/mol. The molecule has 2 bridgehead atoms. The van der Waals surface area contributed by atoms with Gasteiger partial charge in [-0.15, -0.1) is 0 Å². The number of carbonyl (C=O) groups is 1. The lowest BCUT2D eigenvalue weighted by Gasteiger charge is -2.30. The average Bonchev–Trinajstić information content (AvgIpc) is 3.17. The smallest absolute Gasteiger partial charge is 0.289 e. The molecule has 3 unspecified atom stereocenters. The van der Waals surface area contributed by atoms with Crippen LogP contribution in [0.25, 0.3) is 0 Å². The van der Waals surface area contributed by atoms with Crippen molar-refractivity contribution in [1.82, 2.24) is 9.88 Å². The Bertz CT molecular complexity index is 730. The van der Waals surface area contributed by atoms with Crippen LogP contribution in [-0.4, -0.2) is 47.2 Å². The zero-order chi connectivity index (χ0) is 17.2. The summed E-state index contributed by atoms with van der Waals surface area (Å²) in [6, 6.07) is 7.45. The lowest BCUT2D eigenvalue weighted by atomic mass is 10.1. The predicted molar refractivity (Wildman–Crippen MR) is 90.1 cm³/mol. The van der Waals surface area contributed by atoms with Crippen molar-refractivity contribution in [3.63, 3.8) is 0 Å². The van der Waals surface area contributed by atoms with Crippen molar-refractivity contribution in [3.05, 3.63) is 53.7 Å². The highest BCUT2D eigenvalue weighted by Gasteiger charge is 2.45. The van der Waals surface area contributed by atoms with Crippen molar-refractivity contribution in [2.75, 3.05) is 13.2 Å².